The van der Waals surface area contributed by atoms with Crippen LogP contribution in [0.5, 0.6) is 0 Å². The maximum Gasteiger partial charge on any atom is 0.0466 e. The number of rotatable bonds is 1. The zero-order valence-corrected chi connectivity index (χ0v) is 13.3. The van der Waals surface area contributed by atoms with Crippen LogP contribution in [0.4, 0.5) is 0 Å². The topological polar surface area (TPSA) is 9.72 Å². The molecule has 3 heteroatoms. The highest BCUT2D eigenvalue weighted by Crippen LogP contribution is 2.43. The molecular formula is C16H31N3. The molecule has 3 heterocycles. The summed E-state index contributed by atoms with van der Waals surface area (Å²) in [7, 11) is 2.26. The van der Waals surface area contributed by atoms with Crippen LogP contribution in [0.15, 0.2) is 0 Å². The minimum Gasteiger partial charge on any atom is -0.306 e. The molecule has 110 valence electrons. The Morgan fingerprint density at radius 3 is 2.21 bits per heavy atom. The normalized spacial score (nSPS) is 30.9. The first-order valence-electron chi connectivity index (χ1n) is 8.11. The summed E-state index contributed by atoms with van der Waals surface area (Å²) in [5.41, 5.74) is 0.903. The summed E-state index contributed by atoms with van der Waals surface area (Å²) in [5.74, 6) is 0. The van der Waals surface area contributed by atoms with Gasteiger partial charge in [-0.2, -0.15) is 0 Å². The molecule has 0 saturated carbocycles. The molecule has 0 bridgehead atoms. The summed E-state index contributed by atoms with van der Waals surface area (Å²) in [6.07, 6.45) is 5.62. The SMILES string of the molecule is CN1CCC(N2CCCC23CN(C(C)(C)C)C3)CC1. The van der Waals surface area contributed by atoms with Crippen molar-refractivity contribution in [3.63, 3.8) is 0 Å². The summed E-state index contributed by atoms with van der Waals surface area (Å²) in [5, 5.41) is 0. The van der Waals surface area contributed by atoms with Crippen molar-refractivity contribution in [3.05, 3.63) is 0 Å². The molecule has 0 atom stereocenters. The molecule has 3 rings (SSSR count). The van der Waals surface area contributed by atoms with E-state index in [1.807, 2.05) is 0 Å². The highest BCUT2D eigenvalue weighted by atomic mass is 15.4. The molecule has 19 heavy (non-hydrogen) atoms. The van der Waals surface area contributed by atoms with E-state index in [1.54, 1.807) is 0 Å². The Morgan fingerprint density at radius 1 is 1.00 bits per heavy atom. The van der Waals surface area contributed by atoms with Crippen molar-refractivity contribution in [3.8, 4) is 0 Å². The second kappa shape index (κ2) is 4.71. The van der Waals surface area contributed by atoms with Crippen LogP contribution < -0.4 is 0 Å². The average molecular weight is 265 g/mol. The third-order valence-electron chi connectivity index (χ3n) is 5.70. The van der Waals surface area contributed by atoms with Gasteiger partial charge in [0.1, 0.15) is 0 Å². The van der Waals surface area contributed by atoms with Gasteiger partial charge in [-0.25, -0.2) is 0 Å². The molecule has 0 aromatic rings. The molecule has 0 aliphatic carbocycles. The molecule has 3 aliphatic heterocycles. The van der Waals surface area contributed by atoms with Gasteiger partial charge in [-0.05, 0) is 73.1 Å². The summed E-state index contributed by atoms with van der Waals surface area (Å²) < 4.78 is 0. The number of piperidine rings is 1. The quantitative estimate of drug-likeness (QED) is 0.718. The van der Waals surface area contributed by atoms with Crippen molar-refractivity contribution in [2.24, 2.45) is 0 Å². The van der Waals surface area contributed by atoms with Crippen LogP contribution in [0.2, 0.25) is 0 Å². The van der Waals surface area contributed by atoms with Gasteiger partial charge in [0.15, 0.2) is 0 Å². The van der Waals surface area contributed by atoms with Crippen LogP contribution in [-0.4, -0.2) is 71.6 Å². The lowest BCUT2D eigenvalue weighted by Gasteiger charge is -2.59. The Kier molecular flexibility index (Phi) is 3.43. The molecule has 0 aromatic heterocycles. The molecule has 1 spiro atoms. The molecule has 0 amide bonds. The third kappa shape index (κ3) is 2.45. The zero-order valence-electron chi connectivity index (χ0n) is 13.3. The Labute approximate surface area is 118 Å². The van der Waals surface area contributed by atoms with Crippen molar-refractivity contribution in [1.29, 1.82) is 0 Å². The Bertz CT molecular complexity index is 319. The van der Waals surface area contributed by atoms with E-state index in [9.17, 15) is 0 Å². The largest absolute Gasteiger partial charge is 0.306 e. The van der Waals surface area contributed by atoms with E-state index in [0.717, 1.165) is 6.04 Å². The van der Waals surface area contributed by atoms with Crippen molar-refractivity contribution >= 4 is 0 Å². The molecule has 0 unspecified atom stereocenters. The molecule has 3 saturated heterocycles. The number of hydrogen-bond donors (Lipinski definition) is 0. The first-order valence-corrected chi connectivity index (χ1v) is 8.11. The van der Waals surface area contributed by atoms with Gasteiger partial charge in [0, 0.05) is 30.2 Å². The standard InChI is InChI=1S/C16H31N3/c1-15(2,3)18-12-16(13-18)8-5-9-19(16)14-6-10-17(4)11-7-14/h14H,5-13H2,1-4H3. The van der Waals surface area contributed by atoms with Gasteiger partial charge in [-0.3, -0.25) is 9.80 Å². The Balaban J connectivity index is 1.63. The maximum atomic E-state index is 2.90. The van der Waals surface area contributed by atoms with Crippen molar-refractivity contribution in [1.82, 2.24) is 14.7 Å². The predicted octanol–water partition coefficient (Wildman–Crippen LogP) is 2.03. The fraction of sp³-hybridized carbons (Fsp3) is 1.00. The minimum atomic E-state index is 0.353. The molecular weight excluding hydrogens is 234 g/mol. The molecule has 3 fully saturated rings. The van der Waals surface area contributed by atoms with E-state index >= 15 is 0 Å². The molecule has 0 aromatic carbocycles. The van der Waals surface area contributed by atoms with E-state index in [-0.39, 0.29) is 0 Å². The van der Waals surface area contributed by atoms with E-state index in [2.05, 4.69) is 42.5 Å². The van der Waals surface area contributed by atoms with Crippen LogP contribution >= 0.6 is 0 Å². The lowest BCUT2D eigenvalue weighted by molar-refractivity contribution is -0.0956. The Hall–Kier alpha value is -0.120. The van der Waals surface area contributed by atoms with E-state index in [4.69, 9.17) is 0 Å². The smallest absolute Gasteiger partial charge is 0.0466 e. The highest BCUT2D eigenvalue weighted by molar-refractivity contribution is 5.11. The summed E-state index contributed by atoms with van der Waals surface area (Å²) in [6.45, 7) is 13.6. The summed E-state index contributed by atoms with van der Waals surface area (Å²) in [6, 6.07) is 0.862. The van der Waals surface area contributed by atoms with E-state index in [0.29, 0.717) is 11.1 Å². The van der Waals surface area contributed by atoms with Crippen LogP contribution in [-0.2, 0) is 0 Å². The van der Waals surface area contributed by atoms with Crippen LogP contribution in [0.25, 0.3) is 0 Å². The first-order chi connectivity index (χ1) is 8.91. The molecule has 3 nitrogen and oxygen atoms in total. The highest BCUT2D eigenvalue weighted by Gasteiger charge is 2.54. The summed E-state index contributed by atoms with van der Waals surface area (Å²) in [4.78, 5) is 8.06. The lowest BCUT2D eigenvalue weighted by Crippen LogP contribution is -2.73. The third-order valence-corrected chi connectivity index (χ3v) is 5.70. The van der Waals surface area contributed by atoms with Crippen molar-refractivity contribution < 1.29 is 0 Å². The summed E-state index contributed by atoms with van der Waals surface area (Å²) >= 11 is 0. The van der Waals surface area contributed by atoms with Gasteiger partial charge in [0.25, 0.3) is 0 Å². The van der Waals surface area contributed by atoms with Crippen LogP contribution in [0, 0.1) is 0 Å². The van der Waals surface area contributed by atoms with Gasteiger partial charge in [0.05, 0.1) is 0 Å². The molecule has 0 radical (unpaired) electrons. The fourth-order valence-corrected chi connectivity index (χ4v) is 4.31. The second-order valence-corrected chi connectivity index (χ2v) is 8.08. The van der Waals surface area contributed by atoms with Crippen LogP contribution in [0.3, 0.4) is 0 Å². The number of nitrogens with zero attached hydrogens (tertiary/aromatic N) is 3. The van der Waals surface area contributed by atoms with Gasteiger partial charge in [0.2, 0.25) is 0 Å². The van der Waals surface area contributed by atoms with E-state index < -0.39 is 0 Å². The minimum absolute atomic E-state index is 0.353. The van der Waals surface area contributed by atoms with Gasteiger partial charge in [-0.1, -0.05) is 0 Å². The lowest BCUT2D eigenvalue weighted by atomic mass is 9.81. The first kappa shape index (κ1) is 13.8. The van der Waals surface area contributed by atoms with Crippen molar-refractivity contribution in [2.75, 3.05) is 39.8 Å². The zero-order chi connectivity index (χ0) is 13.7. The predicted molar refractivity (Wildman–Crippen MR) is 80.5 cm³/mol. The van der Waals surface area contributed by atoms with Crippen molar-refractivity contribution in [2.45, 2.75) is 63.6 Å². The van der Waals surface area contributed by atoms with Gasteiger partial charge < -0.3 is 4.90 Å². The van der Waals surface area contributed by atoms with E-state index in [1.165, 1.54) is 58.4 Å². The molecule has 3 aliphatic rings. The van der Waals surface area contributed by atoms with Crippen LogP contribution in [0.1, 0.15) is 46.5 Å². The average Bonchev–Trinajstić information content (AvgIpc) is 2.71. The fourth-order valence-electron chi connectivity index (χ4n) is 4.31. The monoisotopic (exact) mass is 265 g/mol. The Morgan fingerprint density at radius 2 is 1.63 bits per heavy atom. The second-order valence-electron chi connectivity index (χ2n) is 8.08. The van der Waals surface area contributed by atoms with Gasteiger partial charge >= 0.3 is 0 Å². The number of likely N-dealkylation sites (tertiary alicyclic amines) is 3. The number of hydrogen-bond acceptors (Lipinski definition) is 3. The molecule has 0 N–H and O–H groups in total. The van der Waals surface area contributed by atoms with Gasteiger partial charge in [-0.15, -0.1) is 0 Å². The maximum absolute atomic E-state index is 2.90.